The predicted octanol–water partition coefficient (Wildman–Crippen LogP) is 3.06. The van der Waals surface area contributed by atoms with Crippen LogP contribution in [0.25, 0.3) is 0 Å². The zero-order chi connectivity index (χ0) is 14.8. The standard InChI is InChI=1S/C14H22N2O3S/c1-13(2,3)19-12(17)16-7-5-14(4,10-16)18-9-11-15-6-8-20-11/h6,8H,5,7,9-10H2,1-4H3. The molecular formula is C14H22N2O3S. The Morgan fingerprint density at radius 1 is 1.55 bits per heavy atom. The van der Waals surface area contributed by atoms with Gasteiger partial charge in [-0.15, -0.1) is 11.3 Å². The summed E-state index contributed by atoms with van der Waals surface area (Å²) >= 11 is 1.58. The summed E-state index contributed by atoms with van der Waals surface area (Å²) < 4.78 is 11.3. The molecule has 2 heterocycles. The number of hydrogen-bond donors (Lipinski definition) is 0. The van der Waals surface area contributed by atoms with Crippen LogP contribution in [0.2, 0.25) is 0 Å². The van der Waals surface area contributed by atoms with Crippen molar-refractivity contribution in [2.75, 3.05) is 13.1 Å². The van der Waals surface area contributed by atoms with Crippen molar-refractivity contribution >= 4 is 17.4 Å². The lowest BCUT2D eigenvalue weighted by Gasteiger charge is -2.27. The summed E-state index contributed by atoms with van der Waals surface area (Å²) in [4.78, 5) is 17.9. The molecule has 1 aliphatic heterocycles. The monoisotopic (exact) mass is 298 g/mol. The Hall–Kier alpha value is -1.14. The summed E-state index contributed by atoms with van der Waals surface area (Å²) in [6.07, 6.45) is 2.32. The molecule has 0 N–H and O–H groups in total. The third kappa shape index (κ3) is 4.18. The van der Waals surface area contributed by atoms with Crippen molar-refractivity contribution in [3.63, 3.8) is 0 Å². The van der Waals surface area contributed by atoms with Crippen molar-refractivity contribution in [1.82, 2.24) is 9.88 Å². The van der Waals surface area contributed by atoms with Crippen LogP contribution in [-0.4, -0.2) is 40.3 Å². The number of rotatable bonds is 3. The Morgan fingerprint density at radius 2 is 2.30 bits per heavy atom. The van der Waals surface area contributed by atoms with Crippen LogP contribution in [0.3, 0.4) is 0 Å². The number of ether oxygens (including phenoxy) is 2. The maximum absolute atomic E-state index is 12.0. The molecule has 0 radical (unpaired) electrons. The van der Waals surface area contributed by atoms with Crippen LogP contribution in [0.4, 0.5) is 4.79 Å². The van der Waals surface area contributed by atoms with Gasteiger partial charge in [0, 0.05) is 18.1 Å². The normalized spacial score (nSPS) is 23.1. The molecule has 0 spiro atoms. The smallest absolute Gasteiger partial charge is 0.410 e. The van der Waals surface area contributed by atoms with Crippen LogP contribution < -0.4 is 0 Å². The topological polar surface area (TPSA) is 51.7 Å². The van der Waals surface area contributed by atoms with Crippen LogP contribution >= 0.6 is 11.3 Å². The minimum Gasteiger partial charge on any atom is -0.444 e. The second-order valence-electron chi connectivity index (χ2n) is 6.32. The van der Waals surface area contributed by atoms with E-state index in [1.165, 1.54) is 0 Å². The molecule has 0 aromatic carbocycles. The number of carbonyl (C=O) groups excluding carboxylic acids is 1. The predicted molar refractivity (Wildman–Crippen MR) is 77.7 cm³/mol. The number of thiazole rings is 1. The molecule has 2 rings (SSSR count). The fourth-order valence-corrected chi connectivity index (χ4v) is 2.62. The highest BCUT2D eigenvalue weighted by Crippen LogP contribution is 2.27. The van der Waals surface area contributed by atoms with Crippen LogP contribution in [0.15, 0.2) is 11.6 Å². The molecule has 1 atom stereocenters. The van der Waals surface area contributed by atoms with Gasteiger partial charge >= 0.3 is 6.09 Å². The maximum atomic E-state index is 12.0. The molecule has 1 amide bonds. The third-order valence-electron chi connectivity index (χ3n) is 3.12. The highest BCUT2D eigenvalue weighted by atomic mass is 32.1. The number of carbonyl (C=O) groups is 1. The molecule has 0 aliphatic carbocycles. The minimum absolute atomic E-state index is 0.265. The van der Waals surface area contributed by atoms with Crippen molar-refractivity contribution in [2.24, 2.45) is 0 Å². The van der Waals surface area contributed by atoms with Gasteiger partial charge in [-0.25, -0.2) is 9.78 Å². The summed E-state index contributed by atoms with van der Waals surface area (Å²) in [7, 11) is 0. The Labute approximate surface area is 123 Å². The highest BCUT2D eigenvalue weighted by molar-refractivity contribution is 7.09. The lowest BCUT2D eigenvalue weighted by molar-refractivity contribution is -0.0375. The van der Waals surface area contributed by atoms with E-state index in [2.05, 4.69) is 4.98 Å². The zero-order valence-electron chi connectivity index (χ0n) is 12.5. The van der Waals surface area contributed by atoms with E-state index in [0.717, 1.165) is 11.4 Å². The lowest BCUT2D eigenvalue weighted by Crippen LogP contribution is -2.39. The third-order valence-corrected chi connectivity index (χ3v) is 3.87. The van der Waals surface area contributed by atoms with E-state index in [1.807, 2.05) is 33.1 Å². The van der Waals surface area contributed by atoms with E-state index >= 15 is 0 Å². The second-order valence-corrected chi connectivity index (χ2v) is 7.30. The molecule has 1 unspecified atom stereocenters. The van der Waals surface area contributed by atoms with E-state index in [0.29, 0.717) is 19.7 Å². The first-order chi connectivity index (χ1) is 9.27. The average Bonchev–Trinajstić information content (AvgIpc) is 2.94. The van der Waals surface area contributed by atoms with Gasteiger partial charge in [0.2, 0.25) is 0 Å². The summed E-state index contributed by atoms with van der Waals surface area (Å²) in [5, 5.41) is 2.89. The Bertz CT molecular complexity index is 455. The van der Waals surface area contributed by atoms with Crippen molar-refractivity contribution in [2.45, 2.75) is 51.9 Å². The van der Waals surface area contributed by atoms with Crippen molar-refractivity contribution in [1.29, 1.82) is 0 Å². The highest BCUT2D eigenvalue weighted by Gasteiger charge is 2.38. The van der Waals surface area contributed by atoms with Gasteiger partial charge in [-0.3, -0.25) is 0 Å². The molecule has 6 heteroatoms. The van der Waals surface area contributed by atoms with Gasteiger partial charge in [-0.05, 0) is 34.1 Å². The van der Waals surface area contributed by atoms with Gasteiger partial charge in [-0.2, -0.15) is 0 Å². The molecule has 1 saturated heterocycles. The summed E-state index contributed by atoms with van der Waals surface area (Å²) in [5.74, 6) is 0. The SMILES string of the molecule is CC(C)(C)OC(=O)N1CCC(C)(OCc2nccs2)C1. The molecule has 1 aromatic rings. The van der Waals surface area contributed by atoms with Crippen molar-refractivity contribution < 1.29 is 14.3 Å². The second kappa shape index (κ2) is 5.69. The first-order valence-corrected chi connectivity index (χ1v) is 7.66. The van der Waals surface area contributed by atoms with Crippen molar-refractivity contribution in [3.05, 3.63) is 16.6 Å². The molecule has 20 heavy (non-hydrogen) atoms. The molecular weight excluding hydrogens is 276 g/mol. The number of likely N-dealkylation sites (tertiary alicyclic amines) is 1. The maximum Gasteiger partial charge on any atom is 0.410 e. The van der Waals surface area contributed by atoms with Crippen LogP contribution in [0.5, 0.6) is 0 Å². The number of nitrogens with zero attached hydrogens (tertiary/aromatic N) is 2. The molecule has 0 saturated carbocycles. The zero-order valence-corrected chi connectivity index (χ0v) is 13.3. The van der Waals surface area contributed by atoms with Gasteiger partial charge in [-0.1, -0.05) is 0 Å². The summed E-state index contributed by atoms with van der Waals surface area (Å²) in [6, 6.07) is 0. The number of aromatic nitrogens is 1. The van der Waals surface area contributed by atoms with E-state index in [1.54, 1.807) is 22.4 Å². The molecule has 0 bridgehead atoms. The van der Waals surface area contributed by atoms with Crippen LogP contribution in [0.1, 0.15) is 39.1 Å². The van der Waals surface area contributed by atoms with E-state index in [4.69, 9.17) is 9.47 Å². The lowest BCUT2D eigenvalue weighted by atomic mass is 10.1. The largest absolute Gasteiger partial charge is 0.444 e. The molecule has 5 nitrogen and oxygen atoms in total. The van der Waals surface area contributed by atoms with Gasteiger partial charge in [0.05, 0.1) is 18.8 Å². The molecule has 1 aliphatic rings. The van der Waals surface area contributed by atoms with E-state index in [9.17, 15) is 4.79 Å². The summed E-state index contributed by atoms with van der Waals surface area (Å²) in [6.45, 7) is 9.38. The Morgan fingerprint density at radius 3 is 2.90 bits per heavy atom. The summed E-state index contributed by atoms with van der Waals surface area (Å²) in [5.41, 5.74) is -0.777. The fraction of sp³-hybridized carbons (Fsp3) is 0.714. The quantitative estimate of drug-likeness (QED) is 0.860. The number of amides is 1. The van der Waals surface area contributed by atoms with Gasteiger partial charge in [0.1, 0.15) is 10.6 Å². The Kier molecular flexibility index (Phi) is 4.34. The molecule has 1 fully saturated rings. The average molecular weight is 298 g/mol. The first-order valence-electron chi connectivity index (χ1n) is 6.78. The minimum atomic E-state index is -0.460. The fourth-order valence-electron chi connectivity index (χ4n) is 2.09. The van der Waals surface area contributed by atoms with E-state index < -0.39 is 5.60 Å². The molecule has 1 aromatic heterocycles. The first kappa shape index (κ1) is 15.3. The van der Waals surface area contributed by atoms with Gasteiger partial charge in [0.15, 0.2) is 0 Å². The van der Waals surface area contributed by atoms with E-state index in [-0.39, 0.29) is 11.7 Å². The van der Waals surface area contributed by atoms with Gasteiger partial charge in [0.25, 0.3) is 0 Å². The number of hydrogen-bond acceptors (Lipinski definition) is 5. The van der Waals surface area contributed by atoms with Crippen LogP contribution in [0, 0.1) is 0 Å². The van der Waals surface area contributed by atoms with Crippen LogP contribution in [-0.2, 0) is 16.1 Å². The molecule has 112 valence electrons. The van der Waals surface area contributed by atoms with Gasteiger partial charge < -0.3 is 14.4 Å². The van der Waals surface area contributed by atoms with Crippen molar-refractivity contribution in [3.8, 4) is 0 Å². The Balaban J connectivity index is 1.85.